The summed E-state index contributed by atoms with van der Waals surface area (Å²) in [5.74, 6) is 0.00833. The van der Waals surface area contributed by atoms with Crippen molar-refractivity contribution in [1.82, 2.24) is 5.32 Å². The van der Waals surface area contributed by atoms with Crippen LogP contribution in [0.4, 0.5) is 0 Å². The molecule has 0 spiro atoms. The standard InChI is InChI=1S/C13H25NO3S/c1-5-13(8-6-9-14-13)11(15)7-10-18(16,17)12(2,3)4/h14H,5-10H2,1-4H3. The fourth-order valence-electron chi connectivity index (χ4n) is 2.32. The highest BCUT2D eigenvalue weighted by molar-refractivity contribution is 7.92. The molecule has 1 atom stereocenters. The maximum Gasteiger partial charge on any atom is 0.155 e. The van der Waals surface area contributed by atoms with Crippen LogP contribution in [0.5, 0.6) is 0 Å². The summed E-state index contributed by atoms with van der Waals surface area (Å²) in [5.41, 5.74) is -0.465. The Balaban J connectivity index is 2.67. The number of nitrogens with one attached hydrogen (secondary N) is 1. The Morgan fingerprint density at radius 3 is 2.33 bits per heavy atom. The van der Waals surface area contributed by atoms with Crippen LogP contribution in [0.15, 0.2) is 0 Å². The van der Waals surface area contributed by atoms with Crippen molar-refractivity contribution in [2.75, 3.05) is 12.3 Å². The van der Waals surface area contributed by atoms with Gasteiger partial charge < -0.3 is 5.32 Å². The molecule has 1 unspecified atom stereocenters. The second kappa shape index (κ2) is 5.29. The minimum atomic E-state index is -3.21. The second-order valence-electron chi connectivity index (χ2n) is 6.07. The molecule has 0 amide bonds. The molecule has 4 nitrogen and oxygen atoms in total. The quantitative estimate of drug-likeness (QED) is 0.829. The van der Waals surface area contributed by atoms with E-state index in [9.17, 15) is 13.2 Å². The molecule has 18 heavy (non-hydrogen) atoms. The summed E-state index contributed by atoms with van der Waals surface area (Å²) in [6.07, 6.45) is 2.69. The van der Waals surface area contributed by atoms with E-state index in [1.54, 1.807) is 20.8 Å². The molecule has 0 bridgehead atoms. The number of ketones is 1. The molecule has 1 aliphatic heterocycles. The Hall–Kier alpha value is -0.420. The van der Waals surface area contributed by atoms with E-state index >= 15 is 0 Å². The zero-order chi connectivity index (χ0) is 14.0. The second-order valence-corrected chi connectivity index (χ2v) is 8.93. The van der Waals surface area contributed by atoms with Gasteiger partial charge in [0, 0.05) is 6.42 Å². The Morgan fingerprint density at radius 2 is 1.94 bits per heavy atom. The van der Waals surface area contributed by atoms with Crippen molar-refractivity contribution in [2.24, 2.45) is 0 Å². The van der Waals surface area contributed by atoms with Gasteiger partial charge in [0.2, 0.25) is 0 Å². The molecule has 0 radical (unpaired) electrons. The van der Waals surface area contributed by atoms with Crippen molar-refractivity contribution in [1.29, 1.82) is 0 Å². The highest BCUT2D eigenvalue weighted by atomic mass is 32.2. The molecule has 1 saturated heterocycles. The van der Waals surface area contributed by atoms with E-state index < -0.39 is 20.1 Å². The molecule has 1 fully saturated rings. The van der Waals surface area contributed by atoms with Crippen LogP contribution in [-0.4, -0.2) is 36.8 Å². The number of hydrogen-bond acceptors (Lipinski definition) is 4. The molecule has 0 aromatic heterocycles. The van der Waals surface area contributed by atoms with E-state index in [1.807, 2.05) is 6.92 Å². The van der Waals surface area contributed by atoms with Gasteiger partial charge in [-0.15, -0.1) is 0 Å². The maximum absolute atomic E-state index is 12.2. The SMILES string of the molecule is CCC1(C(=O)CCS(=O)(=O)C(C)(C)C)CCCN1. The number of Topliss-reactive ketones (excluding diaryl/α,β-unsaturated/α-hetero) is 1. The molecular weight excluding hydrogens is 250 g/mol. The largest absolute Gasteiger partial charge is 0.305 e. The minimum Gasteiger partial charge on any atom is -0.305 e. The third kappa shape index (κ3) is 3.12. The van der Waals surface area contributed by atoms with E-state index in [4.69, 9.17) is 0 Å². The van der Waals surface area contributed by atoms with Crippen LogP contribution in [0.2, 0.25) is 0 Å². The van der Waals surface area contributed by atoms with Crippen molar-refractivity contribution in [2.45, 2.75) is 63.7 Å². The molecule has 1 rings (SSSR count). The van der Waals surface area contributed by atoms with Crippen molar-refractivity contribution in [3.8, 4) is 0 Å². The zero-order valence-electron chi connectivity index (χ0n) is 11.9. The summed E-state index contributed by atoms with van der Waals surface area (Å²) in [4.78, 5) is 12.2. The van der Waals surface area contributed by atoms with Gasteiger partial charge in [-0.3, -0.25) is 4.79 Å². The fourth-order valence-corrected chi connectivity index (χ4v) is 3.38. The normalized spacial score (nSPS) is 25.3. The summed E-state index contributed by atoms with van der Waals surface area (Å²) < 4.78 is 23.2. The molecule has 0 aromatic carbocycles. The van der Waals surface area contributed by atoms with Gasteiger partial charge in [-0.1, -0.05) is 6.92 Å². The van der Waals surface area contributed by atoms with Crippen LogP contribution in [0, 0.1) is 0 Å². The topological polar surface area (TPSA) is 63.2 Å². The lowest BCUT2D eigenvalue weighted by atomic mass is 9.88. The summed E-state index contributed by atoms with van der Waals surface area (Å²) in [5, 5.41) is 3.25. The van der Waals surface area contributed by atoms with E-state index in [0.717, 1.165) is 25.8 Å². The number of carbonyl (C=O) groups is 1. The van der Waals surface area contributed by atoms with Gasteiger partial charge in [-0.05, 0) is 46.6 Å². The van der Waals surface area contributed by atoms with Gasteiger partial charge in [0.1, 0.15) is 0 Å². The molecule has 0 aromatic rings. The fraction of sp³-hybridized carbons (Fsp3) is 0.923. The molecule has 0 saturated carbocycles. The van der Waals surface area contributed by atoms with Crippen molar-refractivity contribution >= 4 is 15.6 Å². The predicted molar refractivity (Wildman–Crippen MR) is 73.4 cm³/mol. The minimum absolute atomic E-state index is 0.0429. The number of carbonyl (C=O) groups excluding carboxylic acids is 1. The number of rotatable bonds is 5. The van der Waals surface area contributed by atoms with Crippen LogP contribution in [0.3, 0.4) is 0 Å². The predicted octanol–water partition coefficient (Wildman–Crippen LogP) is 1.69. The van der Waals surface area contributed by atoms with Crippen LogP contribution < -0.4 is 5.32 Å². The molecule has 5 heteroatoms. The highest BCUT2D eigenvalue weighted by Crippen LogP contribution is 2.26. The van der Waals surface area contributed by atoms with Gasteiger partial charge in [-0.25, -0.2) is 8.42 Å². The van der Waals surface area contributed by atoms with Gasteiger partial charge in [0.25, 0.3) is 0 Å². The van der Waals surface area contributed by atoms with Crippen LogP contribution in [0.1, 0.15) is 53.4 Å². The average Bonchev–Trinajstić information content (AvgIpc) is 2.74. The van der Waals surface area contributed by atoms with E-state index in [1.165, 1.54) is 0 Å². The Labute approximate surface area is 110 Å². The van der Waals surface area contributed by atoms with Crippen molar-refractivity contribution in [3.63, 3.8) is 0 Å². The average molecular weight is 275 g/mol. The molecule has 1 aliphatic rings. The Bertz CT molecular complexity index is 400. The molecule has 0 aliphatic carbocycles. The van der Waals surface area contributed by atoms with E-state index in [2.05, 4.69) is 5.32 Å². The first kappa shape index (κ1) is 15.6. The van der Waals surface area contributed by atoms with Crippen LogP contribution in [0.25, 0.3) is 0 Å². The van der Waals surface area contributed by atoms with Gasteiger partial charge in [0.05, 0.1) is 16.0 Å². The lowest BCUT2D eigenvalue weighted by Crippen LogP contribution is -2.47. The summed E-state index contributed by atoms with van der Waals surface area (Å²) in [6.45, 7) is 7.86. The highest BCUT2D eigenvalue weighted by Gasteiger charge is 2.39. The maximum atomic E-state index is 12.2. The zero-order valence-corrected chi connectivity index (χ0v) is 12.7. The lowest BCUT2D eigenvalue weighted by Gasteiger charge is -2.27. The van der Waals surface area contributed by atoms with Gasteiger partial charge >= 0.3 is 0 Å². The summed E-state index contributed by atoms with van der Waals surface area (Å²) in [6, 6.07) is 0. The first-order chi connectivity index (χ1) is 8.15. The smallest absolute Gasteiger partial charge is 0.155 e. The van der Waals surface area contributed by atoms with Gasteiger partial charge in [-0.2, -0.15) is 0 Å². The molecule has 1 N–H and O–H groups in total. The Morgan fingerprint density at radius 1 is 1.33 bits per heavy atom. The summed E-state index contributed by atoms with van der Waals surface area (Å²) in [7, 11) is -3.21. The van der Waals surface area contributed by atoms with E-state index in [-0.39, 0.29) is 18.0 Å². The van der Waals surface area contributed by atoms with Crippen molar-refractivity contribution in [3.05, 3.63) is 0 Å². The molecule has 1 heterocycles. The van der Waals surface area contributed by atoms with Crippen LogP contribution >= 0.6 is 0 Å². The third-order valence-corrected chi connectivity index (χ3v) is 6.52. The number of hydrogen-bond donors (Lipinski definition) is 1. The lowest BCUT2D eigenvalue weighted by molar-refractivity contribution is -0.124. The van der Waals surface area contributed by atoms with Crippen LogP contribution in [-0.2, 0) is 14.6 Å². The van der Waals surface area contributed by atoms with E-state index in [0.29, 0.717) is 0 Å². The first-order valence-corrected chi connectivity index (χ1v) is 8.30. The first-order valence-electron chi connectivity index (χ1n) is 6.65. The third-order valence-electron chi connectivity index (χ3n) is 3.91. The van der Waals surface area contributed by atoms with Gasteiger partial charge in [0.15, 0.2) is 15.6 Å². The monoisotopic (exact) mass is 275 g/mol. The molecule has 106 valence electrons. The summed E-state index contributed by atoms with van der Waals surface area (Å²) >= 11 is 0. The molecular formula is C13H25NO3S. The Kier molecular flexibility index (Phi) is 4.60. The number of sulfone groups is 1. The van der Waals surface area contributed by atoms with Crippen molar-refractivity contribution < 1.29 is 13.2 Å².